The van der Waals surface area contributed by atoms with E-state index in [2.05, 4.69) is 14.7 Å². The lowest BCUT2D eigenvalue weighted by Crippen LogP contribution is -2.18. The molecule has 0 radical (unpaired) electrons. The number of nitrogens with one attached hydrogen (secondary N) is 1. The predicted octanol–water partition coefficient (Wildman–Crippen LogP) is 2.32. The fraction of sp³-hybridized carbons (Fsp3) is 0.250. The van der Waals surface area contributed by atoms with Crippen molar-refractivity contribution in [3.8, 4) is 0 Å². The van der Waals surface area contributed by atoms with Crippen molar-refractivity contribution in [2.24, 2.45) is 0 Å². The number of nitrogens with zero attached hydrogens (tertiary/aromatic N) is 4. The third-order valence-electron chi connectivity index (χ3n) is 3.72. The number of aromatic nitrogens is 3. The lowest BCUT2D eigenvalue weighted by molar-refractivity contribution is 0.574. The molecular weight excluding hydrogens is 326 g/mol. The Morgan fingerprint density at radius 1 is 1.25 bits per heavy atom. The highest BCUT2D eigenvalue weighted by molar-refractivity contribution is 7.92. The Hall–Kier alpha value is -2.61. The number of pyridine rings is 1. The van der Waals surface area contributed by atoms with Gasteiger partial charge in [0.25, 0.3) is 10.0 Å². The third kappa shape index (κ3) is 2.92. The average molecular weight is 345 g/mol. The van der Waals surface area contributed by atoms with Crippen molar-refractivity contribution in [1.29, 1.82) is 0 Å². The molecule has 126 valence electrons. The van der Waals surface area contributed by atoms with Crippen LogP contribution < -0.4 is 9.62 Å². The lowest BCUT2D eigenvalue weighted by Gasteiger charge is -2.14. The first-order valence-corrected chi connectivity index (χ1v) is 9.00. The highest BCUT2D eigenvalue weighted by Gasteiger charge is 2.21. The van der Waals surface area contributed by atoms with E-state index in [1.165, 1.54) is 6.20 Å². The molecule has 0 aliphatic carbocycles. The molecule has 0 saturated carbocycles. The van der Waals surface area contributed by atoms with Gasteiger partial charge in [-0.2, -0.15) is 8.42 Å². The van der Waals surface area contributed by atoms with E-state index < -0.39 is 10.0 Å². The number of sulfonamides is 1. The first-order valence-electron chi connectivity index (χ1n) is 7.52. The second-order valence-electron chi connectivity index (χ2n) is 5.57. The lowest BCUT2D eigenvalue weighted by atomic mass is 10.2. The Kier molecular flexibility index (Phi) is 4.15. The maximum Gasteiger partial charge on any atom is 0.295 e. The molecular formula is C16H19N5O2S. The van der Waals surface area contributed by atoms with Crippen LogP contribution in [-0.2, 0) is 16.6 Å². The number of fused-ring (bicyclic) bond motifs is 1. The zero-order valence-electron chi connectivity index (χ0n) is 13.8. The molecule has 0 bridgehead atoms. The van der Waals surface area contributed by atoms with E-state index in [0.717, 1.165) is 11.1 Å². The standard InChI is InChI=1S/C16H19N5O2S/c1-4-21-9-8-17-16(21)24(22,23)19-14-7-5-6-12-10-13(20(2)3)11-18-15(12)14/h5-11,19H,4H2,1-3H3. The van der Waals surface area contributed by atoms with Crippen molar-refractivity contribution >= 4 is 32.3 Å². The van der Waals surface area contributed by atoms with Crippen LogP contribution in [0.2, 0.25) is 0 Å². The van der Waals surface area contributed by atoms with Gasteiger partial charge in [-0.1, -0.05) is 12.1 Å². The van der Waals surface area contributed by atoms with E-state index in [0.29, 0.717) is 17.7 Å². The molecule has 8 heteroatoms. The Morgan fingerprint density at radius 3 is 2.75 bits per heavy atom. The van der Waals surface area contributed by atoms with Crippen molar-refractivity contribution in [2.75, 3.05) is 23.7 Å². The molecule has 0 aliphatic rings. The minimum absolute atomic E-state index is 0.00749. The largest absolute Gasteiger partial charge is 0.376 e. The molecule has 2 aromatic heterocycles. The number of rotatable bonds is 5. The molecule has 3 rings (SSSR count). The van der Waals surface area contributed by atoms with Crippen molar-refractivity contribution < 1.29 is 8.42 Å². The molecule has 0 amide bonds. The summed E-state index contributed by atoms with van der Waals surface area (Å²) < 4.78 is 29.4. The average Bonchev–Trinajstić information content (AvgIpc) is 3.04. The number of benzene rings is 1. The summed E-state index contributed by atoms with van der Waals surface area (Å²) in [6.07, 6.45) is 4.83. The SMILES string of the molecule is CCn1ccnc1S(=O)(=O)Nc1cccc2cc(N(C)C)cnc12. The highest BCUT2D eigenvalue weighted by Crippen LogP contribution is 2.26. The van der Waals surface area contributed by atoms with E-state index in [-0.39, 0.29) is 5.16 Å². The number of aryl methyl sites for hydroxylation is 1. The van der Waals surface area contributed by atoms with Crippen molar-refractivity contribution in [1.82, 2.24) is 14.5 Å². The number of hydrogen-bond acceptors (Lipinski definition) is 5. The van der Waals surface area contributed by atoms with Crippen LogP contribution in [0.1, 0.15) is 6.92 Å². The first-order chi connectivity index (χ1) is 11.4. The minimum atomic E-state index is -3.78. The second-order valence-corrected chi connectivity index (χ2v) is 7.14. The molecule has 0 saturated heterocycles. The quantitative estimate of drug-likeness (QED) is 0.767. The predicted molar refractivity (Wildman–Crippen MR) is 94.8 cm³/mol. The molecule has 0 fully saturated rings. The number of para-hydroxylation sites is 1. The fourth-order valence-electron chi connectivity index (χ4n) is 2.45. The molecule has 0 unspecified atom stereocenters. The Morgan fingerprint density at radius 2 is 2.04 bits per heavy atom. The zero-order valence-corrected chi connectivity index (χ0v) is 14.6. The fourth-order valence-corrected chi connectivity index (χ4v) is 3.69. The van der Waals surface area contributed by atoms with Gasteiger partial charge in [-0.25, -0.2) is 4.98 Å². The van der Waals surface area contributed by atoms with Crippen LogP contribution in [0.25, 0.3) is 10.9 Å². The Bertz CT molecular complexity index is 979. The molecule has 3 aromatic rings. The smallest absolute Gasteiger partial charge is 0.295 e. The molecule has 7 nitrogen and oxygen atoms in total. The van der Waals surface area contributed by atoms with E-state index in [9.17, 15) is 8.42 Å². The molecule has 0 spiro atoms. The molecule has 0 atom stereocenters. The van der Waals surface area contributed by atoms with Gasteiger partial charge in [0.15, 0.2) is 0 Å². The molecule has 0 aliphatic heterocycles. The number of imidazole rings is 1. The first kappa shape index (κ1) is 16.3. The summed E-state index contributed by atoms with van der Waals surface area (Å²) >= 11 is 0. The van der Waals surface area contributed by atoms with E-state index in [1.807, 2.05) is 38.1 Å². The van der Waals surface area contributed by atoms with E-state index >= 15 is 0 Å². The summed E-state index contributed by atoms with van der Waals surface area (Å²) in [6, 6.07) is 7.36. The van der Waals surface area contributed by atoms with Crippen molar-refractivity contribution in [2.45, 2.75) is 18.6 Å². The van der Waals surface area contributed by atoms with Gasteiger partial charge in [-0.15, -0.1) is 0 Å². The number of anilines is 2. The molecule has 2 heterocycles. The van der Waals surface area contributed by atoms with Gasteiger partial charge in [-0.3, -0.25) is 9.71 Å². The zero-order chi connectivity index (χ0) is 17.3. The number of hydrogen-bond donors (Lipinski definition) is 1. The molecule has 24 heavy (non-hydrogen) atoms. The third-order valence-corrected chi connectivity index (χ3v) is 5.02. The highest BCUT2D eigenvalue weighted by atomic mass is 32.2. The van der Waals surface area contributed by atoms with Gasteiger partial charge < -0.3 is 9.47 Å². The minimum Gasteiger partial charge on any atom is -0.376 e. The van der Waals surface area contributed by atoms with E-state index in [1.54, 1.807) is 29.1 Å². The van der Waals surface area contributed by atoms with Gasteiger partial charge in [0.2, 0.25) is 5.16 Å². The van der Waals surface area contributed by atoms with Gasteiger partial charge in [0.1, 0.15) is 0 Å². The second kappa shape index (κ2) is 6.12. The summed E-state index contributed by atoms with van der Waals surface area (Å²) in [5.74, 6) is 0. The normalized spacial score (nSPS) is 11.6. The van der Waals surface area contributed by atoms with Crippen LogP contribution >= 0.6 is 0 Å². The van der Waals surface area contributed by atoms with Crippen LogP contribution in [0.4, 0.5) is 11.4 Å². The Balaban J connectivity index is 2.04. The summed E-state index contributed by atoms with van der Waals surface area (Å²) in [6.45, 7) is 2.39. The molecule has 1 N–H and O–H groups in total. The summed E-state index contributed by atoms with van der Waals surface area (Å²) in [5, 5.41) is 0.854. The maximum absolute atomic E-state index is 12.6. The van der Waals surface area contributed by atoms with E-state index in [4.69, 9.17) is 0 Å². The van der Waals surface area contributed by atoms with Gasteiger partial charge in [0.05, 0.1) is 23.1 Å². The van der Waals surface area contributed by atoms with Crippen LogP contribution in [0.15, 0.2) is 48.0 Å². The van der Waals surface area contributed by atoms with Gasteiger partial charge in [-0.05, 0) is 19.1 Å². The Labute approximate surface area is 141 Å². The topological polar surface area (TPSA) is 80.1 Å². The van der Waals surface area contributed by atoms with Crippen molar-refractivity contribution in [3.63, 3.8) is 0 Å². The monoisotopic (exact) mass is 345 g/mol. The van der Waals surface area contributed by atoms with Crippen LogP contribution in [-0.4, -0.2) is 37.0 Å². The maximum atomic E-state index is 12.6. The van der Waals surface area contributed by atoms with Gasteiger partial charge >= 0.3 is 0 Å². The molecule has 1 aromatic carbocycles. The van der Waals surface area contributed by atoms with Crippen LogP contribution in [0.3, 0.4) is 0 Å². The van der Waals surface area contributed by atoms with Crippen LogP contribution in [0, 0.1) is 0 Å². The summed E-state index contributed by atoms with van der Waals surface area (Å²) in [4.78, 5) is 10.3. The van der Waals surface area contributed by atoms with Gasteiger partial charge in [0, 0.05) is 38.4 Å². The summed E-state index contributed by atoms with van der Waals surface area (Å²) in [5.41, 5.74) is 1.98. The summed E-state index contributed by atoms with van der Waals surface area (Å²) in [7, 11) is 0.0818. The van der Waals surface area contributed by atoms with Crippen molar-refractivity contribution in [3.05, 3.63) is 42.9 Å². The van der Waals surface area contributed by atoms with Crippen LogP contribution in [0.5, 0.6) is 0 Å².